The van der Waals surface area contributed by atoms with Gasteiger partial charge < -0.3 is 19.5 Å². The van der Waals surface area contributed by atoms with Crippen LogP contribution in [0.25, 0.3) is 0 Å². The van der Waals surface area contributed by atoms with E-state index < -0.39 is 11.9 Å². The molecule has 0 unspecified atom stereocenters. The number of aromatic nitrogens is 1. The van der Waals surface area contributed by atoms with E-state index in [-0.39, 0.29) is 26.2 Å². The van der Waals surface area contributed by atoms with Crippen molar-refractivity contribution in [3.8, 4) is 0 Å². The molecule has 0 bridgehead atoms. The lowest BCUT2D eigenvalue weighted by atomic mass is 10.1. The number of aliphatic hydroxyl groups is 1. The number of aliphatic carboxylic acids is 1. The van der Waals surface area contributed by atoms with Gasteiger partial charge in [-0.25, -0.2) is 4.79 Å². The third-order valence-corrected chi connectivity index (χ3v) is 3.20. The number of aliphatic hydroxyl groups excluding tert-OH is 1. The van der Waals surface area contributed by atoms with Crippen molar-refractivity contribution in [1.82, 2.24) is 4.57 Å². The number of nitrogens with zero attached hydrogens (tertiary/aromatic N) is 1. The minimum Gasteiger partial charge on any atom is -0.481 e. The molecule has 1 aromatic heterocycles. The highest BCUT2D eigenvalue weighted by molar-refractivity contribution is 5.94. The molecule has 0 saturated carbocycles. The van der Waals surface area contributed by atoms with Crippen LogP contribution < -0.4 is 0 Å². The van der Waals surface area contributed by atoms with Crippen LogP contribution >= 0.6 is 0 Å². The molecule has 0 spiro atoms. The van der Waals surface area contributed by atoms with E-state index in [1.54, 1.807) is 18.4 Å². The largest absolute Gasteiger partial charge is 0.481 e. The van der Waals surface area contributed by atoms with Crippen LogP contribution in [0.4, 0.5) is 0 Å². The number of carbonyl (C=O) groups is 2. The van der Waals surface area contributed by atoms with E-state index in [0.29, 0.717) is 17.7 Å². The normalized spacial score (nSPS) is 10.6. The summed E-state index contributed by atoms with van der Waals surface area (Å²) in [6.07, 6.45) is 0.382. The summed E-state index contributed by atoms with van der Waals surface area (Å²) in [4.78, 5) is 23.1. The smallest absolute Gasteiger partial charge is 0.340 e. The lowest BCUT2D eigenvalue weighted by Gasteiger charge is -2.11. The molecule has 0 aliphatic heterocycles. The topological polar surface area (TPSA) is 88.8 Å². The maximum atomic E-state index is 12.1. The zero-order valence-electron chi connectivity index (χ0n) is 12.1. The van der Waals surface area contributed by atoms with Gasteiger partial charge in [0.15, 0.2) is 0 Å². The highest BCUT2D eigenvalue weighted by Gasteiger charge is 2.26. The number of esters is 1. The molecule has 20 heavy (non-hydrogen) atoms. The van der Waals surface area contributed by atoms with E-state index in [4.69, 9.17) is 14.9 Å². The lowest BCUT2D eigenvalue weighted by molar-refractivity contribution is -0.136. The fourth-order valence-electron chi connectivity index (χ4n) is 2.49. The second-order valence-electron chi connectivity index (χ2n) is 4.41. The van der Waals surface area contributed by atoms with Gasteiger partial charge in [-0.15, -0.1) is 0 Å². The first kappa shape index (κ1) is 16.2. The Labute approximate surface area is 118 Å². The predicted octanol–water partition coefficient (Wildman–Crippen LogP) is 1.16. The Morgan fingerprint density at radius 1 is 1.25 bits per heavy atom. The summed E-state index contributed by atoms with van der Waals surface area (Å²) in [7, 11) is 0. The Kier molecular flexibility index (Phi) is 5.76. The third kappa shape index (κ3) is 3.19. The molecular weight excluding hydrogens is 262 g/mol. The van der Waals surface area contributed by atoms with E-state index in [0.717, 1.165) is 11.3 Å². The van der Waals surface area contributed by atoms with Crippen molar-refractivity contribution in [1.29, 1.82) is 0 Å². The lowest BCUT2D eigenvalue weighted by Crippen LogP contribution is -2.16. The molecule has 0 aromatic carbocycles. The Morgan fingerprint density at radius 2 is 1.90 bits per heavy atom. The molecule has 0 amide bonds. The van der Waals surface area contributed by atoms with E-state index in [1.165, 1.54) is 0 Å². The molecule has 2 N–H and O–H groups in total. The monoisotopic (exact) mass is 283 g/mol. The maximum absolute atomic E-state index is 12.1. The summed E-state index contributed by atoms with van der Waals surface area (Å²) in [6.45, 7) is 5.80. The molecule has 112 valence electrons. The average molecular weight is 283 g/mol. The number of hydrogen-bond donors (Lipinski definition) is 2. The standard InChI is InChI=1S/C14H21NO5/c1-4-10-9(3)13(14(19)20-5-2)11(8-12(17)18)15(10)6-7-16/h16H,4-8H2,1-3H3,(H,17,18). The maximum Gasteiger partial charge on any atom is 0.340 e. The Morgan fingerprint density at radius 3 is 2.35 bits per heavy atom. The quantitative estimate of drug-likeness (QED) is 0.733. The molecule has 6 nitrogen and oxygen atoms in total. The van der Waals surface area contributed by atoms with E-state index >= 15 is 0 Å². The van der Waals surface area contributed by atoms with Crippen LogP contribution in [-0.2, 0) is 28.9 Å². The SMILES string of the molecule is CCOC(=O)c1c(C)c(CC)n(CCO)c1CC(=O)O. The first-order chi connectivity index (χ1) is 9.47. The second-order valence-corrected chi connectivity index (χ2v) is 4.41. The molecule has 0 atom stereocenters. The van der Waals surface area contributed by atoms with Gasteiger partial charge in [0.25, 0.3) is 0 Å². The zero-order valence-corrected chi connectivity index (χ0v) is 12.1. The van der Waals surface area contributed by atoms with Gasteiger partial charge in [0.2, 0.25) is 0 Å². The van der Waals surface area contributed by atoms with Gasteiger partial charge in [0, 0.05) is 17.9 Å². The second kappa shape index (κ2) is 7.09. The summed E-state index contributed by atoms with van der Waals surface area (Å²) >= 11 is 0. The molecule has 6 heteroatoms. The highest BCUT2D eigenvalue weighted by atomic mass is 16.5. The van der Waals surface area contributed by atoms with Crippen molar-refractivity contribution in [2.75, 3.05) is 13.2 Å². The van der Waals surface area contributed by atoms with Gasteiger partial charge in [-0.2, -0.15) is 0 Å². The molecular formula is C14H21NO5. The van der Waals surface area contributed by atoms with Crippen LogP contribution in [-0.4, -0.2) is 39.9 Å². The van der Waals surface area contributed by atoms with E-state index in [1.807, 2.05) is 6.92 Å². The van der Waals surface area contributed by atoms with E-state index in [9.17, 15) is 9.59 Å². The van der Waals surface area contributed by atoms with Crippen molar-refractivity contribution in [2.24, 2.45) is 0 Å². The van der Waals surface area contributed by atoms with Crippen molar-refractivity contribution in [3.63, 3.8) is 0 Å². The Bertz CT molecular complexity index is 504. The fraction of sp³-hybridized carbons (Fsp3) is 0.571. The summed E-state index contributed by atoms with van der Waals surface area (Å²) < 4.78 is 6.73. The summed E-state index contributed by atoms with van der Waals surface area (Å²) in [5, 5.41) is 18.2. The molecule has 1 rings (SSSR count). The predicted molar refractivity (Wildman–Crippen MR) is 72.9 cm³/mol. The number of hydrogen-bond acceptors (Lipinski definition) is 4. The van der Waals surface area contributed by atoms with Gasteiger partial charge in [-0.3, -0.25) is 4.79 Å². The van der Waals surface area contributed by atoms with Crippen molar-refractivity contribution < 1.29 is 24.5 Å². The zero-order chi connectivity index (χ0) is 15.3. The van der Waals surface area contributed by atoms with Crippen LogP contribution in [0.15, 0.2) is 0 Å². The molecule has 0 fully saturated rings. The Balaban J connectivity index is 3.45. The van der Waals surface area contributed by atoms with Gasteiger partial charge in [-0.1, -0.05) is 6.92 Å². The van der Waals surface area contributed by atoms with E-state index in [2.05, 4.69) is 0 Å². The van der Waals surface area contributed by atoms with Crippen LogP contribution in [0.2, 0.25) is 0 Å². The number of ether oxygens (including phenoxy) is 1. The summed E-state index contributed by atoms with van der Waals surface area (Å²) in [6, 6.07) is 0. The first-order valence-corrected chi connectivity index (χ1v) is 6.68. The van der Waals surface area contributed by atoms with Gasteiger partial charge in [0.05, 0.1) is 25.2 Å². The van der Waals surface area contributed by atoms with Crippen molar-refractivity contribution in [3.05, 3.63) is 22.5 Å². The number of rotatable bonds is 7. The van der Waals surface area contributed by atoms with Gasteiger partial charge >= 0.3 is 11.9 Å². The summed E-state index contributed by atoms with van der Waals surface area (Å²) in [5.74, 6) is -1.53. The molecule has 0 saturated heterocycles. The molecule has 1 aromatic rings. The fourth-order valence-corrected chi connectivity index (χ4v) is 2.49. The van der Waals surface area contributed by atoms with Gasteiger partial charge in [0.1, 0.15) is 0 Å². The van der Waals surface area contributed by atoms with Crippen molar-refractivity contribution >= 4 is 11.9 Å². The third-order valence-electron chi connectivity index (χ3n) is 3.20. The molecule has 0 radical (unpaired) electrons. The average Bonchev–Trinajstić information content (AvgIpc) is 2.62. The number of carbonyl (C=O) groups excluding carboxylic acids is 1. The Hall–Kier alpha value is -1.82. The van der Waals surface area contributed by atoms with Crippen LogP contribution in [0.3, 0.4) is 0 Å². The number of carboxylic acid groups (broad SMARTS) is 1. The molecule has 0 aliphatic carbocycles. The first-order valence-electron chi connectivity index (χ1n) is 6.68. The number of carboxylic acids is 1. The molecule has 1 heterocycles. The van der Waals surface area contributed by atoms with Crippen LogP contribution in [0, 0.1) is 6.92 Å². The molecule has 0 aliphatic rings. The van der Waals surface area contributed by atoms with Crippen molar-refractivity contribution in [2.45, 2.75) is 40.2 Å². The highest BCUT2D eigenvalue weighted by Crippen LogP contribution is 2.25. The van der Waals surface area contributed by atoms with Crippen LogP contribution in [0.1, 0.15) is 41.2 Å². The minimum atomic E-state index is -1.02. The van der Waals surface area contributed by atoms with Gasteiger partial charge in [-0.05, 0) is 25.8 Å². The van der Waals surface area contributed by atoms with Crippen LogP contribution in [0.5, 0.6) is 0 Å². The summed E-state index contributed by atoms with van der Waals surface area (Å²) in [5.41, 5.74) is 2.31. The minimum absolute atomic E-state index is 0.115.